The van der Waals surface area contributed by atoms with Gasteiger partial charge in [0.1, 0.15) is 17.3 Å². The van der Waals surface area contributed by atoms with Crippen LogP contribution in [0.2, 0.25) is 0 Å². The van der Waals surface area contributed by atoms with Crippen molar-refractivity contribution in [3.8, 4) is 28.2 Å². The number of nitrogens with one attached hydrogen (secondary N) is 1. The summed E-state index contributed by atoms with van der Waals surface area (Å²) in [6.45, 7) is 2.52. The van der Waals surface area contributed by atoms with Crippen LogP contribution in [0, 0.1) is 18.6 Å². The fraction of sp³-hybridized carbons (Fsp3) is 0.0667. The molecule has 6 aromatic rings. The molecule has 2 aromatic heterocycles. The summed E-state index contributed by atoms with van der Waals surface area (Å²) in [5.41, 5.74) is 7.73. The Morgan fingerprint density at radius 3 is 1.95 bits per heavy atom. The zero-order valence-corrected chi connectivity index (χ0v) is 20.4. The number of nitrogens with zero attached hydrogens (tertiary/aromatic N) is 5. The number of aromatic nitrogens is 5. The molecule has 0 amide bonds. The Bertz CT molecular complexity index is 1730. The van der Waals surface area contributed by atoms with Gasteiger partial charge in [0.25, 0.3) is 0 Å². The van der Waals surface area contributed by atoms with Crippen molar-refractivity contribution in [3.05, 3.63) is 120 Å². The molecule has 0 aliphatic carbocycles. The van der Waals surface area contributed by atoms with Gasteiger partial charge in [0.05, 0.1) is 40.9 Å². The number of benzene rings is 4. The lowest BCUT2D eigenvalue weighted by Gasteiger charge is -2.12. The summed E-state index contributed by atoms with van der Waals surface area (Å²) < 4.78 is 28.9. The summed E-state index contributed by atoms with van der Waals surface area (Å²) in [5, 5.41) is 11.9. The fourth-order valence-corrected chi connectivity index (χ4v) is 4.18. The summed E-state index contributed by atoms with van der Waals surface area (Å²) in [6, 6.07) is 26.0. The second-order valence-corrected chi connectivity index (χ2v) is 8.98. The van der Waals surface area contributed by atoms with Crippen molar-refractivity contribution in [3.63, 3.8) is 0 Å². The zero-order valence-electron chi connectivity index (χ0n) is 20.4. The van der Waals surface area contributed by atoms with E-state index >= 15 is 0 Å². The van der Waals surface area contributed by atoms with Crippen LogP contribution in [-0.4, -0.2) is 25.0 Å². The average molecular weight is 505 g/mol. The maximum Gasteiger partial charge on any atom is 0.123 e. The van der Waals surface area contributed by atoms with Crippen molar-refractivity contribution in [2.24, 2.45) is 0 Å². The van der Waals surface area contributed by atoms with Crippen LogP contribution in [0.5, 0.6) is 0 Å². The topological polar surface area (TPSA) is 68.5 Å². The van der Waals surface area contributed by atoms with Gasteiger partial charge < -0.3 is 5.32 Å². The summed E-state index contributed by atoms with van der Waals surface area (Å²) >= 11 is 0. The molecule has 2 heterocycles. The standard InChI is InChI=1S/C30H22F2N6/c1-19-2-13-26(14-3-19)38-18-25(36-37-38)17-33-24-12-15-27-28(16-24)35-30(21-6-10-23(32)11-7-21)29(34-27)20-4-8-22(31)9-5-20/h2-16,18,33H,17H2,1H3. The van der Waals surface area contributed by atoms with Gasteiger partial charge in [-0.1, -0.05) is 22.9 Å². The van der Waals surface area contributed by atoms with Crippen LogP contribution >= 0.6 is 0 Å². The van der Waals surface area contributed by atoms with Crippen LogP contribution in [0.15, 0.2) is 97.2 Å². The minimum absolute atomic E-state index is 0.333. The van der Waals surface area contributed by atoms with E-state index in [0.717, 1.165) is 22.6 Å². The van der Waals surface area contributed by atoms with E-state index in [1.54, 1.807) is 28.9 Å². The first-order chi connectivity index (χ1) is 18.5. The number of fused-ring (bicyclic) bond motifs is 1. The number of rotatable bonds is 6. The third-order valence-corrected chi connectivity index (χ3v) is 6.21. The largest absolute Gasteiger partial charge is 0.379 e. The minimum Gasteiger partial charge on any atom is -0.379 e. The minimum atomic E-state index is -0.336. The molecule has 0 unspecified atom stereocenters. The van der Waals surface area contributed by atoms with Crippen LogP contribution in [0.25, 0.3) is 39.2 Å². The van der Waals surface area contributed by atoms with E-state index in [9.17, 15) is 8.78 Å². The van der Waals surface area contributed by atoms with Gasteiger partial charge in [-0.2, -0.15) is 0 Å². The van der Waals surface area contributed by atoms with Crippen LogP contribution in [0.3, 0.4) is 0 Å². The van der Waals surface area contributed by atoms with Crippen molar-refractivity contribution >= 4 is 16.7 Å². The molecule has 0 aliphatic heterocycles. The smallest absolute Gasteiger partial charge is 0.123 e. The summed E-state index contributed by atoms with van der Waals surface area (Å²) in [6.07, 6.45) is 1.89. The van der Waals surface area contributed by atoms with Crippen molar-refractivity contribution in [2.75, 3.05) is 5.32 Å². The van der Waals surface area contributed by atoms with Crippen LogP contribution in [0.1, 0.15) is 11.3 Å². The zero-order chi connectivity index (χ0) is 26.1. The molecular weight excluding hydrogens is 482 g/mol. The highest BCUT2D eigenvalue weighted by Crippen LogP contribution is 2.32. The Kier molecular flexibility index (Phi) is 6.05. The molecule has 0 aliphatic rings. The third kappa shape index (κ3) is 4.84. The van der Waals surface area contributed by atoms with E-state index < -0.39 is 0 Å². The van der Waals surface area contributed by atoms with E-state index in [4.69, 9.17) is 9.97 Å². The highest BCUT2D eigenvalue weighted by molar-refractivity contribution is 5.87. The van der Waals surface area contributed by atoms with E-state index in [-0.39, 0.29) is 11.6 Å². The molecule has 4 aromatic carbocycles. The maximum absolute atomic E-state index is 13.6. The lowest BCUT2D eigenvalue weighted by Crippen LogP contribution is -2.01. The van der Waals surface area contributed by atoms with Crippen LogP contribution in [-0.2, 0) is 6.54 Å². The Labute approximate surface area is 217 Å². The molecular formula is C30H22F2N6. The molecule has 0 saturated carbocycles. The van der Waals surface area contributed by atoms with E-state index in [1.165, 1.54) is 29.8 Å². The van der Waals surface area contributed by atoms with Gasteiger partial charge in [0, 0.05) is 16.8 Å². The second kappa shape index (κ2) is 9.82. The quantitative estimate of drug-likeness (QED) is 0.272. The van der Waals surface area contributed by atoms with Gasteiger partial charge in [0.2, 0.25) is 0 Å². The third-order valence-electron chi connectivity index (χ3n) is 6.21. The first-order valence-corrected chi connectivity index (χ1v) is 12.1. The highest BCUT2D eigenvalue weighted by Gasteiger charge is 2.14. The molecule has 0 radical (unpaired) electrons. The normalized spacial score (nSPS) is 11.1. The van der Waals surface area contributed by atoms with E-state index in [2.05, 4.69) is 15.6 Å². The summed E-state index contributed by atoms with van der Waals surface area (Å²) in [7, 11) is 0. The van der Waals surface area contributed by atoms with Gasteiger partial charge in [-0.15, -0.1) is 5.10 Å². The van der Waals surface area contributed by atoms with Crippen molar-refractivity contribution in [2.45, 2.75) is 13.5 Å². The highest BCUT2D eigenvalue weighted by atomic mass is 19.1. The lowest BCUT2D eigenvalue weighted by molar-refractivity contribution is 0.627. The van der Waals surface area contributed by atoms with Crippen molar-refractivity contribution in [1.29, 1.82) is 0 Å². The summed E-state index contributed by atoms with van der Waals surface area (Å²) in [4.78, 5) is 9.73. The van der Waals surface area contributed by atoms with Crippen LogP contribution in [0.4, 0.5) is 14.5 Å². The van der Waals surface area contributed by atoms with Gasteiger partial charge in [0.15, 0.2) is 0 Å². The second-order valence-electron chi connectivity index (χ2n) is 8.98. The lowest BCUT2D eigenvalue weighted by atomic mass is 10.0. The molecule has 38 heavy (non-hydrogen) atoms. The molecule has 8 heteroatoms. The van der Waals surface area contributed by atoms with Crippen molar-refractivity contribution in [1.82, 2.24) is 25.0 Å². The molecule has 6 nitrogen and oxygen atoms in total. The van der Waals surface area contributed by atoms with Gasteiger partial charge in [-0.3, -0.25) is 0 Å². The molecule has 186 valence electrons. The predicted octanol–water partition coefficient (Wildman–Crippen LogP) is 6.74. The van der Waals surface area contributed by atoms with Gasteiger partial charge in [-0.05, 0) is 85.8 Å². The number of hydrogen-bond acceptors (Lipinski definition) is 5. The Morgan fingerprint density at radius 1 is 0.711 bits per heavy atom. The Hall–Kier alpha value is -4.98. The van der Waals surface area contributed by atoms with Gasteiger partial charge in [-0.25, -0.2) is 23.4 Å². The molecule has 0 fully saturated rings. The van der Waals surface area contributed by atoms with E-state index in [1.807, 2.05) is 55.6 Å². The molecule has 0 atom stereocenters. The SMILES string of the molecule is Cc1ccc(-n2cc(CNc3ccc4nc(-c5ccc(F)cc5)c(-c5ccc(F)cc5)nc4c3)nn2)cc1. The molecule has 6 rings (SSSR count). The monoisotopic (exact) mass is 504 g/mol. The molecule has 1 N–H and O–H groups in total. The molecule has 0 spiro atoms. The van der Waals surface area contributed by atoms with Gasteiger partial charge >= 0.3 is 0 Å². The first-order valence-electron chi connectivity index (χ1n) is 12.1. The Morgan fingerprint density at radius 2 is 1.32 bits per heavy atom. The number of halogens is 2. The fourth-order valence-electron chi connectivity index (χ4n) is 4.18. The Balaban J connectivity index is 1.31. The predicted molar refractivity (Wildman–Crippen MR) is 144 cm³/mol. The van der Waals surface area contributed by atoms with Crippen molar-refractivity contribution < 1.29 is 8.78 Å². The van der Waals surface area contributed by atoms with E-state index in [0.29, 0.717) is 34.5 Å². The number of hydrogen-bond donors (Lipinski definition) is 1. The number of anilines is 1. The molecule has 0 bridgehead atoms. The average Bonchev–Trinajstić information content (AvgIpc) is 3.41. The number of aryl methyl sites for hydroxylation is 1. The van der Waals surface area contributed by atoms with Crippen LogP contribution < -0.4 is 5.32 Å². The first kappa shape index (κ1) is 23.4. The molecule has 0 saturated heterocycles. The maximum atomic E-state index is 13.6. The summed E-state index contributed by atoms with van der Waals surface area (Å²) in [5.74, 6) is -0.669.